The summed E-state index contributed by atoms with van der Waals surface area (Å²) in [6, 6.07) is 23.7. The van der Waals surface area contributed by atoms with E-state index >= 15 is 0 Å². The fraction of sp³-hybridized carbons (Fsp3) is 0.200. The maximum atomic E-state index is 14.1. The Hall–Kier alpha value is -2.30. The average Bonchev–Trinajstić information content (AvgIpc) is 2.70. The number of hydrogen-bond acceptors (Lipinski definition) is 2. The Balaban J connectivity index is 2.42. The maximum Gasteiger partial charge on any atom is 0.310 e. The van der Waals surface area contributed by atoms with Crippen LogP contribution in [0.25, 0.3) is 0 Å². The van der Waals surface area contributed by atoms with Crippen LogP contribution in [0.1, 0.15) is 33.4 Å². The summed E-state index contributed by atoms with van der Waals surface area (Å²) in [5, 5.41) is -1.19. The Morgan fingerprint density at radius 3 is 1.38 bits per heavy atom. The smallest absolute Gasteiger partial charge is 0.303 e. The van der Waals surface area contributed by atoms with Gasteiger partial charge in [-0.25, -0.2) is 0 Å². The molecule has 0 saturated carbocycles. The Morgan fingerprint density at radius 2 is 1.10 bits per heavy atom. The monoisotopic (exact) mass is 422 g/mol. The second kappa shape index (κ2) is 8.60. The normalized spacial score (nSPS) is 13.5. The van der Waals surface area contributed by atoms with Gasteiger partial charge in [-0.3, -0.25) is 4.57 Å². The maximum absolute atomic E-state index is 14.1. The van der Waals surface area contributed by atoms with E-state index in [0.717, 1.165) is 33.4 Å². The molecule has 4 heteroatoms. The van der Waals surface area contributed by atoms with Crippen molar-refractivity contribution in [1.82, 2.24) is 0 Å². The number of terminal acetylenes is 1. The van der Waals surface area contributed by atoms with Gasteiger partial charge in [-0.2, -0.15) is 0 Å². The number of halogens is 1. The summed E-state index contributed by atoms with van der Waals surface area (Å²) in [5.41, 5.74) is 5.70. The van der Waals surface area contributed by atoms with Crippen LogP contribution in [-0.2, 0) is 14.2 Å². The predicted octanol–water partition coefficient (Wildman–Crippen LogP) is 6.99. The van der Waals surface area contributed by atoms with Crippen molar-refractivity contribution in [3.05, 3.63) is 106 Å². The molecule has 3 rings (SSSR count). The van der Waals surface area contributed by atoms with Gasteiger partial charge < -0.3 is 4.52 Å². The van der Waals surface area contributed by atoms with Crippen LogP contribution in [0, 0.1) is 33.1 Å². The van der Waals surface area contributed by atoms with Crippen molar-refractivity contribution in [1.29, 1.82) is 0 Å². The zero-order valence-electron chi connectivity index (χ0n) is 16.9. The van der Waals surface area contributed by atoms with Crippen molar-refractivity contribution in [2.24, 2.45) is 0 Å². The van der Waals surface area contributed by atoms with Crippen molar-refractivity contribution >= 4 is 18.0 Å². The van der Waals surface area contributed by atoms with Gasteiger partial charge in [0.25, 0.3) is 0 Å². The highest BCUT2D eigenvalue weighted by Crippen LogP contribution is 2.73. The van der Waals surface area contributed by atoms with Crippen LogP contribution in [0.2, 0.25) is 0 Å². The highest BCUT2D eigenvalue weighted by molar-refractivity contribution is 7.86. The molecule has 0 fully saturated rings. The Labute approximate surface area is 178 Å². The summed E-state index contributed by atoms with van der Waals surface area (Å²) in [7, 11) is 0. The fourth-order valence-corrected chi connectivity index (χ4v) is 6.40. The summed E-state index contributed by atoms with van der Waals surface area (Å²) in [5.74, 6) is 2.40. The molecule has 0 heterocycles. The van der Waals surface area contributed by atoms with Crippen LogP contribution in [0.15, 0.2) is 72.8 Å². The zero-order valence-corrected chi connectivity index (χ0v) is 18.5. The summed E-state index contributed by atoms with van der Waals surface area (Å²) >= 11 is 6.80. The van der Waals surface area contributed by atoms with Gasteiger partial charge in [0.05, 0.1) is 0 Å². The molecule has 0 bridgehead atoms. The third-order valence-electron chi connectivity index (χ3n) is 5.12. The molecule has 0 spiro atoms. The van der Waals surface area contributed by atoms with Crippen LogP contribution in [-0.4, -0.2) is 6.61 Å². The number of hydrogen-bond donors (Lipinski definition) is 0. The molecule has 3 aromatic rings. The Bertz CT molecular complexity index is 951. The molecular weight excluding hydrogens is 399 g/mol. The third-order valence-corrected chi connectivity index (χ3v) is 8.21. The van der Waals surface area contributed by atoms with Gasteiger partial charge >= 0.3 is 6.72 Å². The quantitative estimate of drug-likeness (QED) is 0.243. The molecule has 1 atom stereocenters. The molecule has 29 heavy (non-hydrogen) atoms. The molecule has 0 aliphatic rings. The van der Waals surface area contributed by atoms with Gasteiger partial charge in [0, 0.05) is 0 Å². The lowest BCUT2D eigenvalue weighted by Gasteiger charge is -2.38. The first-order valence-corrected chi connectivity index (χ1v) is 11.9. The highest BCUT2D eigenvalue weighted by Gasteiger charge is 2.53. The standard InChI is InChI=1S/C25H24ClO2P/c1-5-18-28-29(26,27)25(22-12-6-19(2)7-13-22,23-14-8-20(3)9-15-23)24-16-10-21(4)11-17-24/h1,6-17H,18H2,2-4H3. The summed E-state index contributed by atoms with van der Waals surface area (Å²) in [6.45, 7) is 2.07. The van der Waals surface area contributed by atoms with Crippen LogP contribution in [0.5, 0.6) is 0 Å². The second-order valence-corrected chi connectivity index (χ2v) is 10.5. The molecule has 148 valence electrons. The number of rotatable bonds is 6. The first kappa shape index (κ1) is 21.4. The molecule has 0 aliphatic carbocycles. The summed E-state index contributed by atoms with van der Waals surface area (Å²) in [6.07, 6.45) is 5.40. The van der Waals surface area contributed by atoms with E-state index in [1.54, 1.807) is 0 Å². The minimum Gasteiger partial charge on any atom is -0.303 e. The first-order valence-electron chi connectivity index (χ1n) is 9.40. The molecular formula is C25H24ClO2P. The molecule has 1 unspecified atom stereocenters. The summed E-state index contributed by atoms with van der Waals surface area (Å²) in [4.78, 5) is 0. The van der Waals surface area contributed by atoms with E-state index in [0.29, 0.717) is 0 Å². The van der Waals surface area contributed by atoms with Crippen LogP contribution in [0.4, 0.5) is 0 Å². The van der Waals surface area contributed by atoms with Crippen LogP contribution in [0.3, 0.4) is 0 Å². The fourth-order valence-electron chi connectivity index (χ4n) is 3.56. The molecule has 2 nitrogen and oxygen atoms in total. The van der Waals surface area contributed by atoms with Gasteiger partial charge in [-0.05, 0) is 48.7 Å². The second-order valence-electron chi connectivity index (χ2n) is 7.27. The Morgan fingerprint density at radius 1 is 0.793 bits per heavy atom. The number of aryl methyl sites for hydroxylation is 3. The molecule has 0 aromatic heterocycles. The predicted molar refractivity (Wildman–Crippen MR) is 122 cm³/mol. The average molecular weight is 423 g/mol. The molecule has 0 radical (unpaired) electrons. The van der Waals surface area contributed by atoms with E-state index in [9.17, 15) is 4.57 Å². The SMILES string of the molecule is C#CCOP(=O)(Cl)C(c1ccc(C)cc1)(c1ccc(C)cc1)c1ccc(C)cc1. The minimum absolute atomic E-state index is 0.133. The lowest BCUT2D eigenvalue weighted by atomic mass is 9.83. The van der Waals surface area contributed by atoms with Crippen molar-refractivity contribution in [3.8, 4) is 12.3 Å². The van der Waals surface area contributed by atoms with E-state index in [1.165, 1.54) is 0 Å². The lowest BCUT2D eigenvalue weighted by molar-refractivity contribution is 0.358. The van der Waals surface area contributed by atoms with Crippen LogP contribution < -0.4 is 0 Å². The van der Waals surface area contributed by atoms with Crippen molar-refractivity contribution in [3.63, 3.8) is 0 Å². The van der Waals surface area contributed by atoms with E-state index < -0.39 is 11.9 Å². The van der Waals surface area contributed by atoms with E-state index in [2.05, 4.69) is 5.92 Å². The first-order chi connectivity index (χ1) is 13.8. The van der Waals surface area contributed by atoms with Gasteiger partial charge in [0.15, 0.2) is 0 Å². The molecule has 0 aliphatic heterocycles. The van der Waals surface area contributed by atoms with Gasteiger partial charge in [0.2, 0.25) is 0 Å². The van der Waals surface area contributed by atoms with Gasteiger partial charge in [-0.15, -0.1) is 6.42 Å². The highest BCUT2D eigenvalue weighted by atomic mass is 35.7. The summed E-state index contributed by atoms with van der Waals surface area (Å²) < 4.78 is 19.8. The molecule has 0 amide bonds. The third kappa shape index (κ3) is 4.05. The molecule has 0 N–H and O–H groups in total. The minimum atomic E-state index is -3.83. The largest absolute Gasteiger partial charge is 0.310 e. The van der Waals surface area contributed by atoms with E-state index in [4.69, 9.17) is 22.2 Å². The Kier molecular flexibility index (Phi) is 6.35. The number of benzene rings is 3. The van der Waals surface area contributed by atoms with Crippen molar-refractivity contribution in [2.75, 3.05) is 6.61 Å². The van der Waals surface area contributed by atoms with Gasteiger partial charge in [-0.1, -0.05) is 95.4 Å². The van der Waals surface area contributed by atoms with Crippen molar-refractivity contribution in [2.45, 2.75) is 25.9 Å². The zero-order chi connectivity index (χ0) is 21.1. The molecule has 0 saturated heterocycles. The molecule has 3 aromatic carbocycles. The van der Waals surface area contributed by atoms with Crippen LogP contribution >= 0.6 is 18.0 Å². The lowest BCUT2D eigenvalue weighted by Crippen LogP contribution is -2.29. The topological polar surface area (TPSA) is 26.3 Å². The van der Waals surface area contributed by atoms with Crippen molar-refractivity contribution < 1.29 is 9.09 Å². The van der Waals surface area contributed by atoms with Gasteiger partial charge in [0.1, 0.15) is 11.8 Å². The van der Waals surface area contributed by atoms with E-state index in [-0.39, 0.29) is 6.61 Å². The van der Waals surface area contributed by atoms with E-state index in [1.807, 2.05) is 93.6 Å².